The molecule has 0 aliphatic rings. The first-order valence-electron chi connectivity index (χ1n) is 8.80. The summed E-state index contributed by atoms with van der Waals surface area (Å²) in [6, 6.07) is 8.06. The molecule has 0 saturated carbocycles. The highest BCUT2D eigenvalue weighted by molar-refractivity contribution is 5.82. The van der Waals surface area contributed by atoms with Crippen LogP contribution >= 0.6 is 0 Å². The van der Waals surface area contributed by atoms with Crippen LogP contribution in [0.5, 0.6) is 5.75 Å². The van der Waals surface area contributed by atoms with E-state index in [9.17, 15) is 4.79 Å². The minimum absolute atomic E-state index is 0.333. The first kappa shape index (κ1) is 20.0. The van der Waals surface area contributed by atoms with E-state index in [1.165, 1.54) is 56.4 Å². The molecule has 1 aromatic rings. The third kappa shape index (κ3) is 8.00. The van der Waals surface area contributed by atoms with Crippen LogP contribution in [0.4, 0.5) is 0 Å². The minimum atomic E-state index is -0.333. The molecule has 0 amide bonds. The van der Waals surface area contributed by atoms with Crippen molar-refractivity contribution in [3.8, 4) is 5.75 Å². The number of rotatable bonds is 11. The second kappa shape index (κ2) is 12.4. The number of hydrogen-bond acceptors (Lipinski definition) is 3. The lowest BCUT2D eigenvalue weighted by atomic mass is 9.98. The van der Waals surface area contributed by atoms with E-state index in [1.807, 2.05) is 18.2 Å². The van der Waals surface area contributed by atoms with E-state index in [0.717, 1.165) is 18.6 Å². The van der Waals surface area contributed by atoms with Gasteiger partial charge in [0, 0.05) is 6.08 Å². The van der Waals surface area contributed by atoms with Crippen LogP contribution in [0.15, 0.2) is 42.5 Å². The van der Waals surface area contributed by atoms with Crippen LogP contribution in [0.3, 0.4) is 0 Å². The van der Waals surface area contributed by atoms with E-state index >= 15 is 0 Å². The normalized spacial score (nSPS) is 11.7. The molecule has 0 bridgehead atoms. The molecule has 24 heavy (non-hydrogen) atoms. The van der Waals surface area contributed by atoms with Crippen molar-refractivity contribution in [2.75, 3.05) is 14.2 Å². The van der Waals surface area contributed by atoms with E-state index in [1.54, 1.807) is 13.2 Å². The Kier molecular flexibility index (Phi) is 10.3. The molecule has 0 saturated heterocycles. The monoisotopic (exact) mass is 330 g/mol. The molecule has 0 aromatic heterocycles. The fourth-order valence-corrected chi connectivity index (χ4v) is 2.54. The lowest BCUT2D eigenvalue weighted by Crippen LogP contribution is -1.93. The predicted molar refractivity (Wildman–Crippen MR) is 100 cm³/mol. The summed E-state index contributed by atoms with van der Waals surface area (Å²) in [5.74, 6) is 0.516. The van der Waals surface area contributed by atoms with E-state index < -0.39 is 0 Å². The van der Waals surface area contributed by atoms with Crippen molar-refractivity contribution >= 4 is 11.5 Å². The third-order valence-corrected chi connectivity index (χ3v) is 3.99. The van der Waals surface area contributed by atoms with E-state index in [2.05, 4.69) is 23.8 Å². The van der Waals surface area contributed by atoms with Gasteiger partial charge in [0.25, 0.3) is 0 Å². The summed E-state index contributed by atoms with van der Waals surface area (Å²) < 4.78 is 9.85. The van der Waals surface area contributed by atoms with Gasteiger partial charge in [-0.3, -0.25) is 0 Å². The van der Waals surface area contributed by atoms with Gasteiger partial charge in [0.1, 0.15) is 5.75 Å². The zero-order valence-corrected chi connectivity index (χ0v) is 15.2. The topological polar surface area (TPSA) is 35.5 Å². The number of allylic oxidation sites excluding steroid dienone is 3. The van der Waals surface area contributed by atoms with Gasteiger partial charge in [0.15, 0.2) is 0 Å². The van der Waals surface area contributed by atoms with Crippen molar-refractivity contribution in [1.82, 2.24) is 0 Å². The van der Waals surface area contributed by atoms with Crippen molar-refractivity contribution in [3.05, 3.63) is 48.1 Å². The summed E-state index contributed by atoms with van der Waals surface area (Å²) in [5, 5.41) is 0. The molecule has 0 N–H and O–H groups in total. The number of ether oxygens (including phenoxy) is 2. The minimum Gasteiger partial charge on any atom is -0.497 e. The average Bonchev–Trinajstić information content (AvgIpc) is 2.63. The Morgan fingerprint density at radius 1 is 1.00 bits per heavy atom. The molecule has 1 aromatic carbocycles. The first-order valence-corrected chi connectivity index (χ1v) is 8.80. The summed E-state index contributed by atoms with van der Waals surface area (Å²) >= 11 is 0. The number of carbonyl (C=O) groups is 1. The fourth-order valence-electron chi connectivity index (χ4n) is 2.54. The molecule has 0 radical (unpaired) electrons. The number of unbranched alkanes of at least 4 members (excludes halogenated alkanes) is 5. The largest absolute Gasteiger partial charge is 0.497 e. The molecule has 0 aliphatic carbocycles. The molecule has 3 heteroatoms. The zero-order chi connectivity index (χ0) is 17.6. The van der Waals surface area contributed by atoms with Gasteiger partial charge in [-0.15, -0.1) is 0 Å². The van der Waals surface area contributed by atoms with Gasteiger partial charge >= 0.3 is 5.97 Å². The van der Waals surface area contributed by atoms with Gasteiger partial charge in [0.05, 0.1) is 14.2 Å². The maximum atomic E-state index is 11.2. The van der Waals surface area contributed by atoms with Gasteiger partial charge in [-0.05, 0) is 36.1 Å². The fraction of sp³-hybridized carbons (Fsp3) is 0.476. The lowest BCUT2D eigenvalue weighted by molar-refractivity contribution is -0.134. The van der Waals surface area contributed by atoms with Gasteiger partial charge in [0.2, 0.25) is 0 Å². The van der Waals surface area contributed by atoms with Crippen molar-refractivity contribution < 1.29 is 14.3 Å². The van der Waals surface area contributed by atoms with Crippen LogP contribution in [-0.4, -0.2) is 20.2 Å². The summed E-state index contributed by atoms with van der Waals surface area (Å²) in [6.45, 7) is 2.23. The molecule has 3 nitrogen and oxygen atoms in total. The number of carbonyl (C=O) groups excluding carboxylic acids is 1. The SMILES string of the molecule is CCCCCCCC/C(=C/C=C/C(=O)OC)c1ccc(OC)cc1. The number of benzene rings is 1. The molecule has 0 fully saturated rings. The van der Waals surface area contributed by atoms with Crippen LogP contribution in [0.1, 0.15) is 57.4 Å². The van der Waals surface area contributed by atoms with Crippen LogP contribution < -0.4 is 4.74 Å². The van der Waals surface area contributed by atoms with Crippen molar-refractivity contribution in [2.45, 2.75) is 51.9 Å². The molecule has 0 aliphatic heterocycles. The number of esters is 1. The Morgan fingerprint density at radius 2 is 1.67 bits per heavy atom. The summed E-state index contributed by atoms with van der Waals surface area (Å²) in [7, 11) is 3.05. The molecular weight excluding hydrogens is 300 g/mol. The lowest BCUT2D eigenvalue weighted by Gasteiger charge is -2.09. The van der Waals surface area contributed by atoms with Crippen LogP contribution in [0.2, 0.25) is 0 Å². The maximum Gasteiger partial charge on any atom is 0.330 e. The molecule has 0 atom stereocenters. The summed E-state index contributed by atoms with van der Waals surface area (Å²) in [4.78, 5) is 11.2. The summed E-state index contributed by atoms with van der Waals surface area (Å²) in [6.07, 6.45) is 13.8. The number of methoxy groups -OCH3 is 2. The molecule has 132 valence electrons. The standard InChI is InChI=1S/C21H30O3/c1-4-5-6-7-8-9-11-18(12-10-13-21(22)24-3)19-14-16-20(23-2)17-15-19/h10,12-17H,4-9,11H2,1-3H3/b13-10+,18-12-. The van der Waals surface area contributed by atoms with Crippen molar-refractivity contribution in [1.29, 1.82) is 0 Å². The quantitative estimate of drug-likeness (QED) is 0.231. The van der Waals surface area contributed by atoms with Crippen molar-refractivity contribution in [2.24, 2.45) is 0 Å². The van der Waals surface area contributed by atoms with E-state index in [4.69, 9.17) is 4.74 Å². The first-order chi connectivity index (χ1) is 11.7. The molecule has 1 rings (SSSR count). The highest BCUT2D eigenvalue weighted by Gasteiger charge is 2.02. The molecule has 0 spiro atoms. The van der Waals surface area contributed by atoms with Gasteiger partial charge in [-0.2, -0.15) is 0 Å². The van der Waals surface area contributed by atoms with E-state index in [-0.39, 0.29) is 5.97 Å². The Bertz CT molecular complexity index is 527. The highest BCUT2D eigenvalue weighted by Crippen LogP contribution is 2.24. The second-order valence-corrected chi connectivity index (χ2v) is 5.82. The molecule has 0 heterocycles. The Balaban J connectivity index is 2.69. The predicted octanol–water partition coefficient (Wildman–Crippen LogP) is 5.56. The Hall–Kier alpha value is -2.03. The Morgan fingerprint density at radius 3 is 2.29 bits per heavy atom. The van der Waals surface area contributed by atoms with Crippen LogP contribution in [0, 0.1) is 0 Å². The van der Waals surface area contributed by atoms with Crippen LogP contribution in [-0.2, 0) is 9.53 Å². The van der Waals surface area contributed by atoms with E-state index in [0.29, 0.717) is 0 Å². The number of hydrogen-bond donors (Lipinski definition) is 0. The summed E-state index contributed by atoms with van der Waals surface area (Å²) in [5.41, 5.74) is 2.40. The highest BCUT2D eigenvalue weighted by atomic mass is 16.5. The zero-order valence-electron chi connectivity index (χ0n) is 15.2. The van der Waals surface area contributed by atoms with Gasteiger partial charge < -0.3 is 9.47 Å². The molecular formula is C21H30O3. The Labute approximate surface area is 146 Å². The van der Waals surface area contributed by atoms with Crippen LogP contribution in [0.25, 0.3) is 5.57 Å². The third-order valence-electron chi connectivity index (χ3n) is 3.99. The second-order valence-electron chi connectivity index (χ2n) is 5.82. The van der Waals surface area contributed by atoms with Crippen molar-refractivity contribution in [3.63, 3.8) is 0 Å². The molecule has 0 unspecified atom stereocenters. The van der Waals surface area contributed by atoms with Gasteiger partial charge in [-0.25, -0.2) is 4.79 Å². The average molecular weight is 330 g/mol. The smallest absolute Gasteiger partial charge is 0.330 e. The maximum absolute atomic E-state index is 11.2. The van der Waals surface area contributed by atoms with Gasteiger partial charge in [-0.1, -0.05) is 63.3 Å².